The van der Waals surface area contributed by atoms with Gasteiger partial charge in [-0.05, 0) is 61.3 Å². The van der Waals surface area contributed by atoms with Crippen molar-refractivity contribution in [2.75, 3.05) is 20.8 Å². The summed E-state index contributed by atoms with van der Waals surface area (Å²) >= 11 is 6.20. The fourth-order valence-electron chi connectivity index (χ4n) is 2.85. The number of hydrogen-bond donors (Lipinski definition) is 1. The van der Waals surface area contributed by atoms with Crippen LogP contribution in [0.3, 0.4) is 0 Å². The van der Waals surface area contributed by atoms with Crippen molar-refractivity contribution in [1.29, 1.82) is 0 Å². The Morgan fingerprint density at radius 3 is 2.52 bits per heavy atom. The first-order valence-corrected chi connectivity index (χ1v) is 9.25. The number of nitrogens with one attached hydrogen (secondary N) is 1. The molecule has 4 nitrogen and oxygen atoms in total. The van der Waals surface area contributed by atoms with Gasteiger partial charge >= 0.3 is 0 Å². The minimum atomic E-state index is 0.673. The third-order valence-corrected chi connectivity index (χ3v) is 4.86. The van der Waals surface area contributed by atoms with E-state index in [1.807, 2.05) is 49.4 Å². The normalized spacial score (nSPS) is 10.8. The van der Waals surface area contributed by atoms with Crippen LogP contribution in [0.4, 0.5) is 0 Å². The van der Waals surface area contributed by atoms with Crippen LogP contribution in [-0.2, 0) is 13.0 Å². The molecule has 5 heteroatoms. The summed E-state index contributed by atoms with van der Waals surface area (Å²) in [5.41, 5.74) is 3.24. The highest BCUT2D eigenvalue weighted by Crippen LogP contribution is 2.28. The highest BCUT2D eigenvalue weighted by molar-refractivity contribution is 6.31. The molecule has 0 atom stereocenters. The summed E-state index contributed by atoms with van der Waals surface area (Å²) in [5.74, 6) is 3.22. The summed E-state index contributed by atoms with van der Waals surface area (Å²) in [4.78, 5) is 0. The van der Waals surface area contributed by atoms with Gasteiger partial charge in [-0.15, -0.1) is 0 Å². The second-order valence-corrected chi connectivity index (χ2v) is 6.75. The van der Waals surface area contributed by atoms with Gasteiger partial charge in [-0.2, -0.15) is 0 Å². The molecular formula is C22H24ClNO3. The van der Waals surface area contributed by atoms with Gasteiger partial charge in [-0.3, -0.25) is 0 Å². The highest BCUT2D eigenvalue weighted by Gasteiger charge is 2.07. The molecule has 0 aliphatic heterocycles. The largest absolute Gasteiger partial charge is 0.493 e. The molecule has 1 aromatic heterocycles. The number of furan rings is 1. The molecule has 2 aromatic carbocycles. The number of rotatable bonds is 8. The van der Waals surface area contributed by atoms with Crippen molar-refractivity contribution in [3.63, 3.8) is 0 Å². The van der Waals surface area contributed by atoms with E-state index in [2.05, 4.69) is 11.4 Å². The van der Waals surface area contributed by atoms with Crippen molar-refractivity contribution in [3.8, 4) is 22.8 Å². The molecule has 0 amide bonds. The molecule has 0 spiro atoms. The predicted octanol–water partition coefficient (Wildman–Crippen LogP) is 5.26. The maximum Gasteiger partial charge on any atom is 0.160 e. The molecule has 3 rings (SSSR count). The molecular weight excluding hydrogens is 362 g/mol. The maximum atomic E-state index is 6.20. The molecule has 27 heavy (non-hydrogen) atoms. The Bertz CT molecular complexity index is 904. The molecule has 1 heterocycles. The van der Waals surface area contributed by atoms with Crippen LogP contribution in [0.1, 0.15) is 16.9 Å². The zero-order chi connectivity index (χ0) is 19.2. The first-order valence-electron chi connectivity index (χ1n) is 8.87. The van der Waals surface area contributed by atoms with E-state index in [-0.39, 0.29) is 0 Å². The van der Waals surface area contributed by atoms with Crippen LogP contribution in [0, 0.1) is 6.92 Å². The Hall–Kier alpha value is -2.43. The Morgan fingerprint density at radius 2 is 1.78 bits per heavy atom. The van der Waals surface area contributed by atoms with Crippen LogP contribution in [-0.4, -0.2) is 20.8 Å². The molecule has 0 fully saturated rings. The van der Waals surface area contributed by atoms with Gasteiger partial charge in [0, 0.05) is 10.6 Å². The smallest absolute Gasteiger partial charge is 0.160 e. The van der Waals surface area contributed by atoms with E-state index >= 15 is 0 Å². The number of benzene rings is 2. The minimum Gasteiger partial charge on any atom is -0.493 e. The second kappa shape index (κ2) is 8.98. The summed E-state index contributed by atoms with van der Waals surface area (Å²) in [7, 11) is 3.29. The lowest BCUT2D eigenvalue weighted by atomic mass is 10.1. The van der Waals surface area contributed by atoms with Crippen molar-refractivity contribution in [2.24, 2.45) is 0 Å². The van der Waals surface area contributed by atoms with E-state index < -0.39 is 0 Å². The number of halogens is 1. The van der Waals surface area contributed by atoms with Crippen LogP contribution in [0.2, 0.25) is 5.02 Å². The fourth-order valence-corrected chi connectivity index (χ4v) is 3.04. The zero-order valence-electron chi connectivity index (χ0n) is 15.8. The lowest BCUT2D eigenvalue weighted by Gasteiger charge is -2.09. The van der Waals surface area contributed by atoms with Gasteiger partial charge in [0.1, 0.15) is 11.5 Å². The molecule has 0 unspecified atom stereocenters. The monoisotopic (exact) mass is 385 g/mol. The second-order valence-electron chi connectivity index (χ2n) is 6.35. The summed E-state index contributed by atoms with van der Waals surface area (Å²) in [5, 5.41) is 4.16. The van der Waals surface area contributed by atoms with Gasteiger partial charge in [0.2, 0.25) is 0 Å². The number of methoxy groups -OCH3 is 2. The van der Waals surface area contributed by atoms with Crippen molar-refractivity contribution >= 4 is 11.6 Å². The van der Waals surface area contributed by atoms with Crippen molar-refractivity contribution in [1.82, 2.24) is 5.32 Å². The van der Waals surface area contributed by atoms with Crippen LogP contribution >= 0.6 is 11.6 Å². The van der Waals surface area contributed by atoms with Crippen molar-refractivity contribution in [3.05, 3.63) is 70.4 Å². The third kappa shape index (κ3) is 4.85. The van der Waals surface area contributed by atoms with E-state index in [0.29, 0.717) is 6.54 Å². The molecule has 0 bridgehead atoms. The lowest BCUT2D eigenvalue weighted by molar-refractivity contribution is 0.354. The molecule has 3 aromatic rings. The van der Waals surface area contributed by atoms with Gasteiger partial charge in [0.25, 0.3) is 0 Å². The van der Waals surface area contributed by atoms with E-state index in [0.717, 1.165) is 52.1 Å². The fraction of sp³-hybridized carbons (Fsp3) is 0.273. The minimum absolute atomic E-state index is 0.673. The summed E-state index contributed by atoms with van der Waals surface area (Å²) in [6.45, 7) is 3.50. The topological polar surface area (TPSA) is 43.6 Å². The van der Waals surface area contributed by atoms with E-state index in [1.54, 1.807) is 14.2 Å². The van der Waals surface area contributed by atoms with Crippen molar-refractivity contribution in [2.45, 2.75) is 19.9 Å². The molecule has 0 saturated heterocycles. The SMILES string of the molecule is COc1ccc(CCNCc2ccc(-c3ccc(C)c(Cl)c3)o2)cc1OC. The van der Waals surface area contributed by atoms with Crippen molar-refractivity contribution < 1.29 is 13.9 Å². The standard InChI is InChI=1S/C22H24ClNO3/c1-15-4-6-17(13-19(15)23)20-9-7-18(27-20)14-24-11-10-16-5-8-21(25-2)22(12-16)26-3/h4-9,12-13,24H,10-11,14H2,1-3H3. The highest BCUT2D eigenvalue weighted by atomic mass is 35.5. The molecule has 0 aliphatic carbocycles. The Labute approximate surface area is 165 Å². The van der Waals surface area contributed by atoms with Gasteiger partial charge in [0.05, 0.1) is 20.8 Å². The summed E-state index contributed by atoms with van der Waals surface area (Å²) < 4.78 is 16.5. The van der Waals surface area contributed by atoms with Crippen LogP contribution in [0.15, 0.2) is 52.9 Å². The number of aryl methyl sites for hydroxylation is 1. The molecule has 0 saturated carbocycles. The van der Waals surface area contributed by atoms with Crippen LogP contribution < -0.4 is 14.8 Å². The summed E-state index contributed by atoms with van der Waals surface area (Å²) in [6, 6.07) is 15.9. The van der Waals surface area contributed by atoms with Crippen LogP contribution in [0.25, 0.3) is 11.3 Å². The Morgan fingerprint density at radius 1 is 0.963 bits per heavy atom. The molecule has 1 N–H and O–H groups in total. The van der Waals surface area contributed by atoms with Gasteiger partial charge in [-0.25, -0.2) is 0 Å². The zero-order valence-corrected chi connectivity index (χ0v) is 16.6. The van der Waals surface area contributed by atoms with E-state index in [9.17, 15) is 0 Å². The Balaban J connectivity index is 1.53. The third-order valence-electron chi connectivity index (χ3n) is 4.46. The van der Waals surface area contributed by atoms with Gasteiger partial charge < -0.3 is 19.2 Å². The van der Waals surface area contributed by atoms with E-state index in [4.69, 9.17) is 25.5 Å². The molecule has 0 aliphatic rings. The van der Waals surface area contributed by atoms with Crippen LogP contribution in [0.5, 0.6) is 11.5 Å². The molecule has 0 radical (unpaired) electrons. The lowest BCUT2D eigenvalue weighted by Crippen LogP contribution is -2.16. The maximum absolute atomic E-state index is 6.20. The first-order chi connectivity index (χ1) is 13.1. The number of ether oxygens (including phenoxy) is 2. The quantitative estimate of drug-likeness (QED) is 0.537. The average molecular weight is 386 g/mol. The van der Waals surface area contributed by atoms with E-state index in [1.165, 1.54) is 5.56 Å². The summed E-state index contributed by atoms with van der Waals surface area (Å²) in [6.07, 6.45) is 0.890. The Kier molecular flexibility index (Phi) is 6.43. The van der Waals surface area contributed by atoms with Gasteiger partial charge in [-0.1, -0.05) is 29.8 Å². The molecule has 142 valence electrons. The predicted molar refractivity (Wildman–Crippen MR) is 109 cm³/mol. The van der Waals surface area contributed by atoms with Gasteiger partial charge in [0.15, 0.2) is 11.5 Å². The number of hydrogen-bond acceptors (Lipinski definition) is 4. The average Bonchev–Trinajstić information content (AvgIpc) is 3.16. The first kappa shape index (κ1) is 19.3.